The van der Waals surface area contributed by atoms with Crippen molar-refractivity contribution in [2.75, 3.05) is 0 Å². The van der Waals surface area contributed by atoms with E-state index in [1.54, 1.807) is 18.5 Å². The first-order chi connectivity index (χ1) is 7.31. The molecule has 0 aliphatic rings. The molecular formula is C11H12N2O2. The lowest BCUT2D eigenvalue weighted by atomic mass is 10.1. The van der Waals surface area contributed by atoms with Gasteiger partial charge in [-0.15, -0.1) is 0 Å². The van der Waals surface area contributed by atoms with Crippen molar-refractivity contribution in [3.05, 3.63) is 47.9 Å². The molecule has 2 aromatic rings. The van der Waals surface area contributed by atoms with Crippen LogP contribution in [0.15, 0.2) is 35.3 Å². The van der Waals surface area contributed by atoms with E-state index in [-0.39, 0.29) is 0 Å². The molecule has 1 unspecified atom stereocenters. The lowest BCUT2D eigenvalue weighted by Crippen LogP contribution is -1.99. The van der Waals surface area contributed by atoms with Crippen molar-refractivity contribution in [1.82, 2.24) is 9.97 Å². The zero-order valence-corrected chi connectivity index (χ0v) is 8.42. The minimum atomic E-state index is -0.786. The first kappa shape index (κ1) is 9.86. The average Bonchev–Trinajstić information content (AvgIpc) is 2.78. The highest BCUT2D eigenvalue weighted by Gasteiger charge is 2.14. The Morgan fingerprint density at radius 3 is 2.67 bits per heavy atom. The number of aliphatic hydroxyl groups excluding tert-OH is 1. The lowest BCUT2D eigenvalue weighted by molar-refractivity contribution is 0.186. The topological polar surface area (TPSA) is 59.2 Å². The van der Waals surface area contributed by atoms with Crippen LogP contribution in [0, 0.1) is 0 Å². The summed E-state index contributed by atoms with van der Waals surface area (Å²) in [7, 11) is 0. The Morgan fingerprint density at radius 2 is 2.07 bits per heavy atom. The zero-order chi connectivity index (χ0) is 10.7. The fraction of sp³-hybridized carbons (Fsp3) is 0.273. The SMILES string of the molecule is CCc1ccc(C(O)c2cncnc2)o1. The van der Waals surface area contributed by atoms with E-state index in [0.29, 0.717) is 11.3 Å². The second-order valence-electron chi connectivity index (χ2n) is 3.23. The van der Waals surface area contributed by atoms with Gasteiger partial charge < -0.3 is 9.52 Å². The normalized spacial score (nSPS) is 12.7. The highest BCUT2D eigenvalue weighted by molar-refractivity contribution is 5.20. The third kappa shape index (κ3) is 2.05. The highest BCUT2D eigenvalue weighted by atomic mass is 16.4. The predicted molar refractivity (Wildman–Crippen MR) is 54.2 cm³/mol. The lowest BCUT2D eigenvalue weighted by Gasteiger charge is -2.06. The van der Waals surface area contributed by atoms with Crippen LogP contribution in [0.1, 0.15) is 30.1 Å². The van der Waals surface area contributed by atoms with Gasteiger partial charge in [-0.2, -0.15) is 0 Å². The molecule has 1 atom stereocenters. The van der Waals surface area contributed by atoms with Crippen LogP contribution in [0.25, 0.3) is 0 Å². The smallest absolute Gasteiger partial charge is 0.140 e. The monoisotopic (exact) mass is 204 g/mol. The molecule has 2 heterocycles. The maximum absolute atomic E-state index is 9.93. The molecule has 0 saturated heterocycles. The van der Waals surface area contributed by atoms with E-state index in [2.05, 4.69) is 9.97 Å². The summed E-state index contributed by atoms with van der Waals surface area (Å²) in [6, 6.07) is 3.64. The summed E-state index contributed by atoms with van der Waals surface area (Å²) in [5, 5.41) is 9.93. The van der Waals surface area contributed by atoms with Gasteiger partial charge in [0, 0.05) is 24.4 Å². The van der Waals surface area contributed by atoms with Gasteiger partial charge in [0.1, 0.15) is 24.0 Å². The first-order valence-corrected chi connectivity index (χ1v) is 4.83. The van der Waals surface area contributed by atoms with Crippen LogP contribution in [0.3, 0.4) is 0 Å². The summed E-state index contributed by atoms with van der Waals surface area (Å²) in [6.45, 7) is 2.00. The van der Waals surface area contributed by atoms with Gasteiger partial charge in [0.25, 0.3) is 0 Å². The van der Waals surface area contributed by atoms with Gasteiger partial charge in [-0.25, -0.2) is 9.97 Å². The van der Waals surface area contributed by atoms with Crippen molar-refractivity contribution in [2.45, 2.75) is 19.4 Å². The molecule has 2 aromatic heterocycles. The molecule has 0 aromatic carbocycles. The summed E-state index contributed by atoms with van der Waals surface area (Å²) in [5.41, 5.74) is 0.634. The van der Waals surface area contributed by atoms with Gasteiger partial charge in [-0.3, -0.25) is 0 Å². The Kier molecular flexibility index (Phi) is 2.78. The van der Waals surface area contributed by atoms with Crippen LogP contribution in [0.4, 0.5) is 0 Å². The van der Waals surface area contributed by atoms with E-state index in [1.807, 2.05) is 13.0 Å². The predicted octanol–water partition coefficient (Wildman–Crippen LogP) is 1.71. The maximum atomic E-state index is 9.93. The number of aliphatic hydroxyl groups is 1. The van der Waals surface area contributed by atoms with E-state index in [1.165, 1.54) is 6.33 Å². The second-order valence-corrected chi connectivity index (χ2v) is 3.23. The molecule has 0 saturated carbocycles. The highest BCUT2D eigenvalue weighted by Crippen LogP contribution is 2.22. The van der Waals surface area contributed by atoms with Crippen molar-refractivity contribution in [3.63, 3.8) is 0 Å². The summed E-state index contributed by atoms with van der Waals surface area (Å²) in [4.78, 5) is 7.69. The molecule has 0 amide bonds. The molecule has 0 aliphatic heterocycles. The Morgan fingerprint density at radius 1 is 1.33 bits per heavy atom. The second kappa shape index (κ2) is 4.23. The Bertz CT molecular complexity index is 425. The molecule has 0 radical (unpaired) electrons. The first-order valence-electron chi connectivity index (χ1n) is 4.83. The van der Waals surface area contributed by atoms with Crippen LogP contribution in [-0.2, 0) is 6.42 Å². The molecule has 2 rings (SSSR count). The standard InChI is InChI=1S/C11H12N2O2/c1-2-9-3-4-10(15-9)11(14)8-5-12-7-13-6-8/h3-7,11,14H,2H2,1H3. The number of nitrogens with zero attached hydrogens (tertiary/aromatic N) is 2. The van der Waals surface area contributed by atoms with Crippen molar-refractivity contribution in [2.24, 2.45) is 0 Å². The third-order valence-corrected chi connectivity index (χ3v) is 2.20. The molecule has 1 N–H and O–H groups in total. The number of furan rings is 1. The van der Waals surface area contributed by atoms with Crippen LogP contribution >= 0.6 is 0 Å². The maximum Gasteiger partial charge on any atom is 0.140 e. The van der Waals surface area contributed by atoms with E-state index >= 15 is 0 Å². The number of rotatable bonds is 3. The van der Waals surface area contributed by atoms with Gasteiger partial charge in [0.05, 0.1) is 0 Å². The van der Waals surface area contributed by atoms with E-state index < -0.39 is 6.10 Å². The van der Waals surface area contributed by atoms with Gasteiger partial charge in [0.2, 0.25) is 0 Å². The number of hydrogen-bond acceptors (Lipinski definition) is 4. The largest absolute Gasteiger partial charge is 0.463 e. The van der Waals surface area contributed by atoms with Crippen LogP contribution < -0.4 is 0 Å². The summed E-state index contributed by atoms with van der Waals surface area (Å²) in [6.07, 6.45) is 4.61. The number of aromatic nitrogens is 2. The molecule has 0 bridgehead atoms. The minimum Gasteiger partial charge on any atom is -0.463 e. The van der Waals surface area contributed by atoms with Gasteiger partial charge >= 0.3 is 0 Å². The molecule has 4 nitrogen and oxygen atoms in total. The van der Waals surface area contributed by atoms with E-state index in [9.17, 15) is 5.11 Å². The molecular weight excluding hydrogens is 192 g/mol. The average molecular weight is 204 g/mol. The fourth-order valence-corrected chi connectivity index (χ4v) is 1.35. The Balaban J connectivity index is 2.24. The van der Waals surface area contributed by atoms with Crippen LogP contribution in [0.2, 0.25) is 0 Å². The van der Waals surface area contributed by atoms with E-state index in [0.717, 1.165) is 12.2 Å². The molecule has 4 heteroatoms. The van der Waals surface area contributed by atoms with Crippen molar-refractivity contribution < 1.29 is 9.52 Å². The van der Waals surface area contributed by atoms with Crippen LogP contribution in [-0.4, -0.2) is 15.1 Å². The van der Waals surface area contributed by atoms with Gasteiger partial charge in [-0.05, 0) is 12.1 Å². The third-order valence-electron chi connectivity index (χ3n) is 2.20. The minimum absolute atomic E-state index is 0.529. The molecule has 78 valence electrons. The summed E-state index contributed by atoms with van der Waals surface area (Å²) < 4.78 is 5.44. The zero-order valence-electron chi connectivity index (χ0n) is 8.42. The van der Waals surface area contributed by atoms with Crippen molar-refractivity contribution in [3.8, 4) is 0 Å². The van der Waals surface area contributed by atoms with Crippen LogP contribution in [0.5, 0.6) is 0 Å². The number of aryl methyl sites for hydroxylation is 1. The molecule has 0 spiro atoms. The Labute approximate surface area is 87.6 Å². The summed E-state index contributed by atoms with van der Waals surface area (Å²) >= 11 is 0. The fourth-order valence-electron chi connectivity index (χ4n) is 1.35. The van der Waals surface area contributed by atoms with E-state index in [4.69, 9.17) is 4.42 Å². The summed E-state index contributed by atoms with van der Waals surface area (Å²) in [5.74, 6) is 1.39. The molecule has 0 aliphatic carbocycles. The molecule has 15 heavy (non-hydrogen) atoms. The van der Waals surface area contributed by atoms with Gasteiger partial charge in [0.15, 0.2) is 0 Å². The molecule has 0 fully saturated rings. The quantitative estimate of drug-likeness (QED) is 0.826. The Hall–Kier alpha value is -1.68. The van der Waals surface area contributed by atoms with Crippen molar-refractivity contribution >= 4 is 0 Å². The van der Waals surface area contributed by atoms with Crippen molar-refractivity contribution in [1.29, 1.82) is 0 Å². The van der Waals surface area contributed by atoms with Gasteiger partial charge in [-0.1, -0.05) is 6.92 Å². The number of hydrogen-bond donors (Lipinski definition) is 1.